The maximum atomic E-state index is 5.23. The average molecular weight is 201 g/mol. The van der Waals surface area contributed by atoms with Gasteiger partial charge in [-0.3, -0.25) is 0 Å². The molecule has 0 N–H and O–H groups in total. The number of anilines is 1. The Morgan fingerprint density at radius 1 is 1.33 bits per heavy atom. The van der Waals surface area contributed by atoms with Gasteiger partial charge in [0.1, 0.15) is 23.5 Å². The Hall–Kier alpha value is -0.350. The van der Waals surface area contributed by atoms with Crippen molar-refractivity contribution in [3.63, 3.8) is 0 Å². The molecule has 0 heterocycles. The van der Waals surface area contributed by atoms with Crippen LogP contribution in [0.25, 0.3) is 0 Å². The van der Waals surface area contributed by atoms with Crippen molar-refractivity contribution in [2.45, 2.75) is 4.90 Å². The van der Waals surface area contributed by atoms with E-state index in [0.29, 0.717) is 0 Å². The maximum Gasteiger partial charge on any atom is 0.235 e. The molecule has 2 nitrogen and oxygen atoms in total. The summed E-state index contributed by atoms with van der Waals surface area (Å²) in [7, 11) is 7.91. The quantitative estimate of drug-likeness (QED) is 0.405. The van der Waals surface area contributed by atoms with Crippen molar-refractivity contribution in [1.82, 2.24) is 4.58 Å². The standard InChI is InChI=1S/C8H12N2S2/c1-9(2)5-7(11)6(8(5)12)10(3)4/h1-4H3/p+1. The SMILES string of the molecule is CN(C)c1c(S)c(=[N+](C)C)c1=S. The van der Waals surface area contributed by atoms with Crippen molar-refractivity contribution >= 4 is 30.5 Å². The van der Waals surface area contributed by atoms with Crippen molar-refractivity contribution in [2.24, 2.45) is 0 Å². The van der Waals surface area contributed by atoms with Crippen molar-refractivity contribution in [2.75, 3.05) is 33.1 Å². The van der Waals surface area contributed by atoms with Crippen LogP contribution in [0.4, 0.5) is 5.69 Å². The molecule has 1 aromatic rings. The Bertz CT molecular complexity index is 380. The number of rotatable bonds is 1. The van der Waals surface area contributed by atoms with Gasteiger partial charge >= 0.3 is 0 Å². The van der Waals surface area contributed by atoms with Crippen LogP contribution < -0.4 is 14.8 Å². The highest BCUT2D eigenvalue weighted by Gasteiger charge is 2.19. The lowest BCUT2D eigenvalue weighted by Crippen LogP contribution is -2.32. The lowest BCUT2D eigenvalue weighted by Gasteiger charge is -2.16. The predicted molar refractivity (Wildman–Crippen MR) is 58.3 cm³/mol. The van der Waals surface area contributed by atoms with Crippen LogP contribution in [-0.2, 0) is 0 Å². The summed E-state index contributed by atoms with van der Waals surface area (Å²) in [5.41, 5.74) is 1.07. The summed E-state index contributed by atoms with van der Waals surface area (Å²) in [6, 6.07) is 0. The van der Waals surface area contributed by atoms with Crippen LogP contribution in [0.3, 0.4) is 0 Å². The van der Waals surface area contributed by atoms with E-state index in [1.165, 1.54) is 0 Å². The lowest BCUT2D eigenvalue weighted by atomic mass is 10.2. The van der Waals surface area contributed by atoms with E-state index in [2.05, 4.69) is 12.6 Å². The van der Waals surface area contributed by atoms with Gasteiger partial charge in [-0.15, -0.1) is 12.6 Å². The van der Waals surface area contributed by atoms with Crippen LogP contribution in [-0.4, -0.2) is 28.2 Å². The molecule has 66 valence electrons. The lowest BCUT2D eigenvalue weighted by molar-refractivity contribution is 0.776. The fourth-order valence-corrected chi connectivity index (χ4v) is 2.55. The number of hydrogen-bond acceptors (Lipinski definition) is 3. The largest absolute Gasteiger partial charge is 0.375 e. The van der Waals surface area contributed by atoms with Crippen LogP contribution in [0, 0.1) is 4.51 Å². The summed E-state index contributed by atoms with van der Waals surface area (Å²) in [5, 5.41) is 1.07. The smallest absolute Gasteiger partial charge is 0.235 e. The van der Waals surface area contributed by atoms with Crippen LogP contribution in [0.2, 0.25) is 0 Å². The van der Waals surface area contributed by atoms with E-state index in [1.807, 2.05) is 37.7 Å². The second-order valence-corrected chi connectivity index (χ2v) is 4.02. The molecule has 0 atom stereocenters. The number of hydrogen-bond donors (Lipinski definition) is 1. The minimum absolute atomic E-state index is 0.912. The van der Waals surface area contributed by atoms with E-state index in [1.54, 1.807) is 0 Å². The van der Waals surface area contributed by atoms with E-state index < -0.39 is 0 Å². The second kappa shape index (κ2) is 3.18. The highest BCUT2D eigenvalue weighted by atomic mass is 32.1. The Morgan fingerprint density at radius 3 is 2.08 bits per heavy atom. The molecule has 0 aromatic heterocycles. The van der Waals surface area contributed by atoms with Gasteiger partial charge in [0.05, 0.1) is 5.69 Å². The van der Waals surface area contributed by atoms with Gasteiger partial charge in [0.15, 0.2) is 0 Å². The van der Waals surface area contributed by atoms with Crippen molar-refractivity contribution in [3.8, 4) is 0 Å². The van der Waals surface area contributed by atoms with Crippen LogP contribution in [0.15, 0.2) is 4.90 Å². The Morgan fingerprint density at radius 2 is 1.83 bits per heavy atom. The Balaban J connectivity index is 3.38. The molecule has 0 aliphatic heterocycles. The summed E-state index contributed by atoms with van der Waals surface area (Å²) in [5.74, 6) is 0. The van der Waals surface area contributed by atoms with E-state index in [0.717, 1.165) is 20.5 Å². The van der Waals surface area contributed by atoms with Gasteiger partial charge in [0.2, 0.25) is 5.36 Å². The first-order chi connectivity index (χ1) is 5.46. The summed E-state index contributed by atoms with van der Waals surface area (Å²) in [6.45, 7) is 0. The zero-order chi connectivity index (χ0) is 9.46. The first-order valence-corrected chi connectivity index (χ1v) is 4.52. The highest BCUT2D eigenvalue weighted by Crippen LogP contribution is 2.22. The van der Waals surface area contributed by atoms with E-state index in [4.69, 9.17) is 12.2 Å². The molecule has 0 amide bonds. The Labute approximate surface area is 83.2 Å². The van der Waals surface area contributed by atoms with Crippen LogP contribution in [0.5, 0.6) is 0 Å². The third-order valence-corrected chi connectivity index (χ3v) is 2.58. The van der Waals surface area contributed by atoms with E-state index >= 15 is 0 Å². The van der Waals surface area contributed by atoms with Crippen molar-refractivity contribution in [1.29, 1.82) is 0 Å². The maximum absolute atomic E-state index is 5.23. The molecular formula is C8H13N2S2+. The van der Waals surface area contributed by atoms with Gasteiger partial charge in [-0.05, 0) is 0 Å². The monoisotopic (exact) mass is 201 g/mol. The molecule has 0 bridgehead atoms. The van der Waals surface area contributed by atoms with Gasteiger partial charge in [-0.25, -0.2) is 4.58 Å². The third-order valence-electron chi connectivity index (χ3n) is 1.77. The van der Waals surface area contributed by atoms with Crippen LogP contribution in [0.1, 0.15) is 0 Å². The molecule has 0 aliphatic rings. The molecular weight excluding hydrogens is 188 g/mol. The third kappa shape index (κ3) is 1.29. The normalized spacial score (nSPS) is 10.4. The zero-order valence-corrected chi connectivity index (χ0v) is 9.46. The van der Waals surface area contributed by atoms with E-state index in [-0.39, 0.29) is 0 Å². The van der Waals surface area contributed by atoms with Crippen molar-refractivity contribution in [3.05, 3.63) is 9.87 Å². The molecule has 12 heavy (non-hydrogen) atoms. The molecule has 0 radical (unpaired) electrons. The van der Waals surface area contributed by atoms with Gasteiger partial charge in [0, 0.05) is 14.1 Å². The molecule has 1 aromatic carbocycles. The van der Waals surface area contributed by atoms with Crippen molar-refractivity contribution < 1.29 is 0 Å². The summed E-state index contributed by atoms with van der Waals surface area (Å²) in [6.07, 6.45) is 0. The fraction of sp³-hybridized carbons (Fsp3) is 0.500. The van der Waals surface area contributed by atoms with Gasteiger partial charge in [-0.2, -0.15) is 0 Å². The number of thiol groups is 1. The topological polar surface area (TPSA) is 6.25 Å². The first kappa shape index (κ1) is 9.74. The molecule has 0 saturated carbocycles. The summed E-state index contributed by atoms with van der Waals surface area (Å²) < 4.78 is 2.91. The fourth-order valence-electron chi connectivity index (χ4n) is 1.21. The molecule has 0 unspecified atom stereocenters. The zero-order valence-electron chi connectivity index (χ0n) is 7.75. The van der Waals surface area contributed by atoms with E-state index in [9.17, 15) is 0 Å². The molecule has 0 aliphatic carbocycles. The van der Waals surface area contributed by atoms with Gasteiger partial charge < -0.3 is 4.90 Å². The minimum atomic E-state index is 0.912. The van der Waals surface area contributed by atoms with Gasteiger partial charge in [-0.1, -0.05) is 12.2 Å². The molecule has 0 saturated heterocycles. The minimum Gasteiger partial charge on any atom is -0.375 e. The first-order valence-electron chi connectivity index (χ1n) is 3.66. The number of nitrogens with zero attached hydrogens (tertiary/aromatic N) is 2. The average Bonchev–Trinajstić information content (AvgIpc) is 1.84. The molecule has 0 spiro atoms. The molecule has 4 heteroatoms. The predicted octanol–water partition coefficient (Wildman–Crippen LogP) is 0.678. The van der Waals surface area contributed by atoms with Crippen LogP contribution >= 0.6 is 24.8 Å². The molecule has 1 rings (SSSR count). The Kier molecular flexibility index (Phi) is 2.58. The summed E-state index contributed by atoms with van der Waals surface area (Å²) in [4.78, 5) is 2.99. The molecule has 0 fully saturated rings. The highest BCUT2D eigenvalue weighted by molar-refractivity contribution is 7.80. The summed E-state index contributed by atoms with van der Waals surface area (Å²) >= 11 is 9.61. The van der Waals surface area contributed by atoms with Gasteiger partial charge in [0.25, 0.3) is 0 Å². The second-order valence-electron chi connectivity index (χ2n) is 3.16.